The number of carbonyl (C=O) groups excluding carboxylic acids is 1. The topological polar surface area (TPSA) is 72.8 Å². The van der Waals surface area contributed by atoms with Gasteiger partial charge in [-0.25, -0.2) is 10.4 Å². The van der Waals surface area contributed by atoms with Gasteiger partial charge in [0, 0.05) is 10.9 Å². The van der Waals surface area contributed by atoms with Crippen LogP contribution in [0.5, 0.6) is 11.5 Å². The number of rotatable bonds is 11. The van der Waals surface area contributed by atoms with Crippen LogP contribution in [0.1, 0.15) is 44.4 Å². The number of nitrogens with one attached hydrogen (secondary N) is 1. The molecule has 0 unspecified atom stereocenters. The van der Waals surface area contributed by atoms with E-state index in [2.05, 4.69) is 60.5 Å². The molecular formula is C31H33N3O3S2. The summed E-state index contributed by atoms with van der Waals surface area (Å²) in [5.41, 5.74) is 7.84. The molecule has 4 rings (SSSR count). The fourth-order valence-corrected chi connectivity index (χ4v) is 5.29. The van der Waals surface area contributed by atoms with E-state index in [1.807, 2.05) is 60.8 Å². The summed E-state index contributed by atoms with van der Waals surface area (Å²) >= 11 is 2.92. The van der Waals surface area contributed by atoms with E-state index >= 15 is 0 Å². The van der Waals surface area contributed by atoms with Crippen LogP contribution in [0.3, 0.4) is 0 Å². The Kier molecular flexibility index (Phi) is 9.79. The molecule has 202 valence electrons. The van der Waals surface area contributed by atoms with Crippen molar-refractivity contribution < 1.29 is 14.3 Å². The van der Waals surface area contributed by atoms with Crippen LogP contribution in [-0.4, -0.2) is 29.5 Å². The van der Waals surface area contributed by atoms with Crippen molar-refractivity contribution in [3.8, 4) is 22.8 Å². The van der Waals surface area contributed by atoms with E-state index in [0.29, 0.717) is 24.7 Å². The van der Waals surface area contributed by atoms with E-state index < -0.39 is 0 Å². The van der Waals surface area contributed by atoms with Gasteiger partial charge in [-0.2, -0.15) is 5.10 Å². The van der Waals surface area contributed by atoms with E-state index in [1.165, 1.54) is 28.7 Å². The van der Waals surface area contributed by atoms with Gasteiger partial charge < -0.3 is 9.47 Å². The highest BCUT2D eigenvalue weighted by Gasteiger charge is 2.13. The highest BCUT2D eigenvalue weighted by Crippen LogP contribution is 2.30. The van der Waals surface area contributed by atoms with Gasteiger partial charge in [0.2, 0.25) is 0 Å². The SMILES string of the molecule is CCOc1cc(/C=N/NC(=O)CSc2nc(-c3ccccc3)cs2)ccc1OCc1ccc(C(C)(C)C)cc1. The number of hydrazone groups is 1. The number of thiazole rings is 1. The van der Waals surface area contributed by atoms with Crippen molar-refractivity contribution in [2.45, 2.75) is 44.1 Å². The van der Waals surface area contributed by atoms with Crippen molar-refractivity contribution >= 4 is 35.2 Å². The number of amides is 1. The van der Waals surface area contributed by atoms with Crippen LogP contribution in [0.15, 0.2) is 87.6 Å². The van der Waals surface area contributed by atoms with Gasteiger partial charge in [0.15, 0.2) is 15.8 Å². The van der Waals surface area contributed by atoms with Crippen LogP contribution >= 0.6 is 23.1 Å². The third kappa shape index (κ3) is 8.43. The van der Waals surface area contributed by atoms with Crippen LogP contribution in [0.4, 0.5) is 0 Å². The zero-order valence-electron chi connectivity index (χ0n) is 22.6. The molecule has 39 heavy (non-hydrogen) atoms. The molecule has 0 spiro atoms. The van der Waals surface area contributed by atoms with E-state index in [-0.39, 0.29) is 17.1 Å². The molecule has 0 aliphatic carbocycles. The number of benzene rings is 3. The van der Waals surface area contributed by atoms with Crippen LogP contribution in [0.25, 0.3) is 11.3 Å². The summed E-state index contributed by atoms with van der Waals surface area (Å²) < 4.78 is 12.7. The quantitative estimate of drug-likeness (QED) is 0.118. The Bertz CT molecular complexity index is 1390. The van der Waals surface area contributed by atoms with Crippen molar-refractivity contribution in [2.24, 2.45) is 5.10 Å². The number of nitrogens with zero attached hydrogens (tertiary/aromatic N) is 2. The summed E-state index contributed by atoms with van der Waals surface area (Å²) in [5.74, 6) is 1.32. The minimum absolute atomic E-state index is 0.116. The monoisotopic (exact) mass is 559 g/mol. The Labute approximate surface area is 238 Å². The number of hydrogen-bond acceptors (Lipinski definition) is 7. The second kappa shape index (κ2) is 13.4. The fourth-order valence-electron chi connectivity index (χ4n) is 3.66. The number of ether oxygens (including phenoxy) is 2. The van der Waals surface area contributed by atoms with Crippen LogP contribution in [-0.2, 0) is 16.8 Å². The molecule has 4 aromatic rings. The highest BCUT2D eigenvalue weighted by molar-refractivity contribution is 8.01. The molecule has 1 heterocycles. The van der Waals surface area contributed by atoms with Crippen LogP contribution in [0, 0.1) is 0 Å². The van der Waals surface area contributed by atoms with Gasteiger partial charge in [0.25, 0.3) is 5.91 Å². The molecule has 0 aliphatic rings. The molecule has 1 amide bonds. The molecule has 8 heteroatoms. The molecule has 1 aromatic heterocycles. The lowest BCUT2D eigenvalue weighted by molar-refractivity contribution is -0.118. The first-order chi connectivity index (χ1) is 18.8. The summed E-state index contributed by atoms with van der Waals surface area (Å²) in [6.07, 6.45) is 1.59. The molecule has 0 radical (unpaired) electrons. The van der Waals surface area contributed by atoms with Crippen molar-refractivity contribution in [1.29, 1.82) is 0 Å². The predicted octanol–water partition coefficient (Wildman–Crippen LogP) is 7.33. The lowest BCUT2D eigenvalue weighted by Gasteiger charge is -2.19. The predicted molar refractivity (Wildman–Crippen MR) is 161 cm³/mol. The second-order valence-electron chi connectivity index (χ2n) is 9.82. The van der Waals surface area contributed by atoms with Gasteiger partial charge in [-0.1, -0.05) is 87.1 Å². The van der Waals surface area contributed by atoms with E-state index in [9.17, 15) is 4.79 Å². The molecule has 0 saturated carbocycles. The highest BCUT2D eigenvalue weighted by atomic mass is 32.2. The van der Waals surface area contributed by atoms with E-state index in [0.717, 1.165) is 26.7 Å². The maximum absolute atomic E-state index is 12.3. The average Bonchev–Trinajstić information content (AvgIpc) is 3.41. The molecule has 0 aliphatic heterocycles. The van der Waals surface area contributed by atoms with Gasteiger partial charge in [-0.15, -0.1) is 11.3 Å². The number of thioether (sulfide) groups is 1. The summed E-state index contributed by atoms with van der Waals surface area (Å²) in [6.45, 7) is 9.48. The lowest BCUT2D eigenvalue weighted by atomic mass is 9.87. The molecule has 0 fully saturated rings. The lowest BCUT2D eigenvalue weighted by Crippen LogP contribution is -2.19. The molecule has 0 bridgehead atoms. The van der Waals surface area contributed by atoms with Gasteiger partial charge in [0.1, 0.15) is 6.61 Å². The molecule has 0 saturated heterocycles. The molecule has 3 aromatic carbocycles. The summed E-state index contributed by atoms with van der Waals surface area (Å²) in [5, 5.41) is 6.11. The Balaban J connectivity index is 1.28. The number of hydrogen-bond donors (Lipinski definition) is 1. The van der Waals surface area contributed by atoms with Gasteiger partial charge >= 0.3 is 0 Å². The first-order valence-electron chi connectivity index (χ1n) is 12.8. The molecule has 6 nitrogen and oxygen atoms in total. The Morgan fingerprint density at radius 2 is 1.79 bits per heavy atom. The minimum Gasteiger partial charge on any atom is -0.490 e. The largest absolute Gasteiger partial charge is 0.490 e. The Morgan fingerprint density at radius 1 is 1.03 bits per heavy atom. The minimum atomic E-state index is -0.199. The summed E-state index contributed by atoms with van der Waals surface area (Å²) in [7, 11) is 0. The van der Waals surface area contributed by atoms with E-state index in [4.69, 9.17) is 9.47 Å². The Hall–Kier alpha value is -3.62. The maximum atomic E-state index is 12.3. The average molecular weight is 560 g/mol. The van der Waals surface area contributed by atoms with Crippen molar-refractivity contribution in [3.63, 3.8) is 0 Å². The zero-order valence-corrected chi connectivity index (χ0v) is 24.3. The first-order valence-corrected chi connectivity index (χ1v) is 14.6. The van der Waals surface area contributed by atoms with Gasteiger partial charge in [0.05, 0.1) is 24.3 Å². The third-order valence-electron chi connectivity index (χ3n) is 5.76. The Morgan fingerprint density at radius 3 is 2.51 bits per heavy atom. The van der Waals surface area contributed by atoms with Crippen molar-refractivity contribution in [3.05, 3.63) is 94.9 Å². The molecule has 0 atom stereocenters. The maximum Gasteiger partial charge on any atom is 0.250 e. The van der Waals surface area contributed by atoms with Crippen molar-refractivity contribution in [2.75, 3.05) is 12.4 Å². The fraction of sp³-hybridized carbons (Fsp3) is 0.258. The van der Waals surface area contributed by atoms with Crippen molar-refractivity contribution in [1.82, 2.24) is 10.4 Å². The summed E-state index contributed by atoms with van der Waals surface area (Å²) in [4.78, 5) is 16.9. The van der Waals surface area contributed by atoms with E-state index in [1.54, 1.807) is 6.21 Å². The smallest absolute Gasteiger partial charge is 0.250 e. The van der Waals surface area contributed by atoms with Crippen LogP contribution < -0.4 is 14.9 Å². The second-order valence-corrected chi connectivity index (χ2v) is 11.9. The summed E-state index contributed by atoms with van der Waals surface area (Å²) in [6, 6.07) is 24.1. The zero-order chi connectivity index (χ0) is 27.7. The normalized spacial score (nSPS) is 11.5. The van der Waals surface area contributed by atoms with Crippen LogP contribution in [0.2, 0.25) is 0 Å². The number of carbonyl (C=O) groups is 1. The first kappa shape index (κ1) is 28.4. The molecule has 1 N–H and O–H groups in total. The van der Waals surface area contributed by atoms with Gasteiger partial charge in [-0.05, 0) is 47.2 Å². The molecular weight excluding hydrogens is 526 g/mol. The third-order valence-corrected chi connectivity index (χ3v) is 7.79. The van der Waals surface area contributed by atoms with Gasteiger partial charge in [-0.3, -0.25) is 4.79 Å². The standard InChI is InChI=1S/C31H33N3O3S2/c1-5-36-28-17-23(13-16-27(28)37-19-22-11-14-25(15-12-22)31(2,3)4)18-32-34-29(35)21-39-30-33-26(20-38-30)24-9-7-6-8-10-24/h6-18,20H,5,19,21H2,1-4H3,(H,34,35)/b32-18+. The number of aromatic nitrogens is 1.